The molecular weight excluding hydrogens is 707 g/mol. The predicted molar refractivity (Wildman–Crippen MR) is 239 cm³/mol. The Bertz CT molecular complexity index is 3490. The molecule has 0 N–H and O–H groups in total. The van der Waals surface area contributed by atoms with Gasteiger partial charge in [-0.2, -0.15) is 0 Å². The lowest BCUT2D eigenvalue weighted by atomic mass is 9.82. The molecular formula is C54H35N3O. The summed E-state index contributed by atoms with van der Waals surface area (Å²) in [5.74, 6) is 1.92. The predicted octanol–water partition coefficient (Wildman–Crippen LogP) is 14.2. The van der Waals surface area contributed by atoms with Crippen molar-refractivity contribution in [1.82, 2.24) is 15.0 Å². The SMILES string of the molecule is CC1(C)c2ccccc2-c2ccc(-c3nc(-c4cccc(-c5ccccc5)c4)nc(-c4ccc5c(c4)c4ccccc4c4cc6c(cc54)oc4ccccc46)n3)cc21. The molecule has 1 aliphatic carbocycles. The van der Waals surface area contributed by atoms with Gasteiger partial charge in [0.2, 0.25) is 0 Å². The molecule has 9 aromatic carbocycles. The second-order valence-corrected chi connectivity index (χ2v) is 16.0. The molecule has 4 nitrogen and oxygen atoms in total. The van der Waals surface area contributed by atoms with Crippen LogP contribution in [0, 0.1) is 0 Å². The fourth-order valence-electron chi connectivity index (χ4n) is 9.39. The van der Waals surface area contributed by atoms with Gasteiger partial charge in [-0.15, -0.1) is 0 Å². The van der Waals surface area contributed by atoms with E-state index in [4.69, 9.17) is 19.4 Å². The number of aromatic nitrogens is 3. The van der Waals surface area contributed by atoms with E-state index in [1.165, 1.54) is 38.4 Å². The van der Waals surface area contributed by atoms with Crippen molar-refractivity contribution in [3.05, 3.63) is 187 Å². The van der Waals surface area contributed by atoms with Gasteiger partial charge in [0.1, 0.15) is 11.2 Å². The van der Waals surface area contributed by atoms with Crippen molar-refractivity contribution in [1.29, 1.82) is 0 Å². The van der Waals surface area contributed by atoms with Gasteiger partial charge in [0.15, 0.2) is 17.5 Å². The molecule has 2 heterocycles. The van der Waals surface area contributed by atoms with Gasteiger partial charge >= 0.3 is 0 Å². The van der Waals surface area contributed by atoms with Crippen LogP contribution in [-0.4, -0.2) is 15.0 Å². The zero-order valence-corrected chi connectivity index (χ0v) is 32.0. The van der Waals surface area contributed by atoms with Crippen LogP contribution in [0.15, 0.2) is 180 Å². The average molecular weight is 742 g/mol. The summed E-state index contributed by atoms with van der Waals surface area (Å²) in [6.45, 7) is 4.62. The molecule has 0 saturated carbocycles. The number of hydrogen-bond donors (Lipinski definition) is 0. The third-order valence-electron chi connectivity index (χ3n) is 12.3. The molecule has 0 radical (unpaired) electrons. The zero-order chi connectivity index (χ0) is 38.5. The number of furan rings is 1. The highest BCUT2D eigenvalue weighted by molar-refractivity contribution is 6.28. The third-order valence-corrected chi connectivity index (χ3v) is 12.3. The Hall–Kier alpha value is -7.43. The van der Waals surface area contributed by atoms with Gasteiger partial charge in [-0.05, 0) is 102 Å². The van der Waals surface area contributed by atoms with Crippen LogP contribution in [0.2, 0.25) is 0 Å². The van der Waals surface area contributed by atoms with Crippen LogP contribution in [0.4, 0.5) is 0 Å². The summed E-state index contributed by atoms with van der Waals surface area (Å²) in [6, 6.07) is 62.5. The van der Waals surface area contributed by atoms with E-state index < -0.39 is 0 Å². The Morgan fingerprint density at radius 2 is 0.879 bits per heavy atom. The lowest BCUT2D eigenvalue weighted by molar-refractivity contribution is 0.660. The topological polar surface area (TPSA) is 51.8 Å². The fraction of sp³-hybridized carbons (Fsp3) is 0.0556. The normalized spacial score (nSPS) is 13.1. The highest BCUT2D eigenvalue weighted by Crippen LogP contribution is 2.49. The standard InChI is InChI=1S/C54H35N3O/c1-54(2)47-21-10-8-19-40(47)41-26-24-36(29-48(41)54)53-56-51(34-16-12-15-33(27-34)32-13-4-3-5-14-32)55-52(57-53)35-23-25-39-43(28-35)37-17-6-7-18-38(37)44-30-46-42-20-9-11-22-49(42)58-50(46)31-45(39)44/h3-31H,1-2H3. The fourth-order valence-corrected chi connectivity index (χ4v) is 9.39. The Morgan fingerprint density at radius 3 is 1.67 bits per heavy atom. The highest BCUT2D eigenvalue weighted by atomic mass is 16.3. The van der Waals surface area contributed by atoms with E-state index in [1.807, 2.05) is 18.2 Å². The smallest absolute Gasteiger partial charge is 0.164 e. The molecule has 11 aromatic rings. The van der Waals surface area contributed by atoms with E-state index >= 15 is 0 Å². The molecule has 0 atom stereocenters. The molecule has 0 amide bonds. The van der Waals surface area contributed by atoms with Crippen LogP contribution in [0.1, 0.15) is 25.0 Å². The van der Waals surface area contributed by atoms with Gasteiger partial charge in [-0.3, -0.25) is 0 Å². The van der Waals surface area contributed by atoms with Crippen LogP contribution >= 0.6 is 0 Å². The lowest BCUT2D eigenvalue weighted by Crippen LogP contribution is -2.15. The summed E-state index contributed by atoms with van der Waals surface area (Å²) in [6.07, 6.45) is 0. The van der Waals surface area contributed by atoms with Crippen molar-refractivity contribution in [2.24, 2.45) is 0 Å². The van der Waals surface area contributed by atoms with Crippen LogP contribution in [0.25, 0.3) is 111 Å². The number of hydrogen-bond acceptors (Lipinski definition) is 4. The average Bonchev–Trinajstić information content (AvgIpc) is 3.76. The van der Waals surface area contributed by atoms with Crippen LogP contribution in [-0.2, 0) is 5.41 Å². The molecule has 1 aliphatic rings. The first-order valence-corrected chi connectivity index (χ1v) is 19.8. The molecule has 0 unspecified atom stereocenters. The first-order chi connectivity index (χ1) is 28.5. The Kier molecular flexibility index (Phi) is 6.94. The molecule has 0 bridgehead atoms. The summed E-state index contributed by atoms with van der Waals surface area (Å²) in [7, 11) is 0. The first kappa shape index (κ1) is 32.8. The van der Waals surface area contributed by atoms with E-state index in [1.54, 1.807) is 0 Å². The maximum Gasteiger partial charge on any atom is 0.164 e. The molecule has 12 rings (SSSR count). The second kappa shape index (κ2) is 12.3. The Labute approximate surface area is 335 Å². The first-order valence-electron chi connectivity index (χ1n) is 19.8. The molecule has 272 valence electrons. The molecule has 2 aromatic heterocycles. The summed E-state index contributed by atoms with van der Waals surface area (Å²) in [5, 5.41) is 9.31. The van der Waals surface area contributed by atoms with Gasteiger partial charge in [-0.25, -0.2) is 15.0 Å². The largest absolute Gasteiger partial charge is 0.456 e. The van der Waals surface area contributed by atoms with Crippen molar-refractivity contribution in [2.45, 2.75) is 19.3 Å². The zero-order valence-electron chi connectivity index (χ0n) is 32.0. The van der Waals surface area contributed by atoms with Gasteiger partial charge in [0.25, 0.3) is 0 Å². The van der Waals surface area contributed by atoms with Crippen LogP contribution in [0.3, 0.4) is 0 Å². The monoisotopic (exact) mass is 741 g/mol. The minimum Gasteiger partial charge on any atom is -0.456 e. The van der Waals surface area contributed by atoms with E-state index in [0.29, 0.717) is 17.5 Å². The number of nitrogens with zero attached hydrogens (tertiary/aromatic N) is 3. The van der Waals surface area contributed by atoms with Crippen LogP contribution < -0.4 is 0 Å². The maximum absolute atomic E-state index is 6.39. The van der Waals surface area contributed by atoms with Gasteiger partial charge in [0, 0.05) is 32.9 Å². The maximum atomic E-state index is 6.39. The van der Waals surface area contributed by atoms with E-state index in [9.17, 15) is 0 Å². The summed E-state index contributed by atoms with van der Waals surface area (Å²) in [5.41, 5.74) is 11.9. The van der Waals surface area contributed by atoms with Crippen molar-refractivity contribution in [3.63, 3.8) is 0 Å². The molecule has 4 heteroatoms. The van der Waals surface area contributed by atoms with Crippen LogP contribution in [0.5, 0.6) is 0 Å². The molecule has 0 saturated heterocycles. The van der Waals surface area contributed by atoms with Crippen molar-refractivity contribution < 1.29 is 4.42 Å². The second-order valence-electron chi connectivity index (χ2n) is 16.0. The van der Waals surface area contributed by atoms with Gasteiger partial charge in [0.05, 0.1) is 0 Å². The number of rotatable bonds is 4. The number of benzene rings is 9. The highest BCUT2D eigenvalue weighted by Gasteiger charge is 2.35. The van der Waals surface area contributed by atoms with Crippen molar-refractivity contribution in [3.8, 4) is 56.4 Å². The molecule has 58 heavy (non-hydrogen) atoms. The van der Waals surface area contributed by atoms with Gasteiger partial charge < -0.3 is 4.42 Å². The summed E-state index contributed by atoms with van der Waals surface area (Å²) < 4.78 is 6.39. The van der Waals surface area contributed by atoms with Gasteiger partial charge in [-0.1, -0.05) is 153 Å². The van der Waals surface area contributed by atoms with Crippen molar-refractivity contribution in [2.75, 3.05) is 0 Å². The number of para-hydroxylation sites is 1. The Balaban J connectivity index is 1.08. The number of fused-ring (bicyclic) bond motifs is 12. The van der Waals surface area contributed by atoms with E-state index in [2.05, 4.69) is 172 Å². The lowest BCUT2D eigenvalue weighted by Gasteiger charge is -2.21. The van der Waals surface area contributed by atoms with E-state index in [0.717, 1.165) is 65.9 Å². The summed E-state index contributed by atoms with van der Waals surface area (Å²) >= 11 is 0. The van der Waals surface area contributed by atoms with Crippen molar-refractivity contribution >= 4 is 54.3 Å². The Morgan fingerprint density at radius 1 is 0.328 bits per heavy atom. The summed E-state index contributed by atoms with van der Waals surface area (Å²) in [4.78, 5) is 15.7. The van der Waals surface area contributed by atoms with E-state index in [-0.39, 0.29) is 5.41 Å². The molecule has 0 fully saturated rings. The minimum atomic E-state index is -0.152. The quantitative estimate of drug-likeness (QED) is 0.169. The molecule has 0 aliphatic heterocycles. The molecule has 0 spiro atoms. The third kappa shape index (κ3) is 4.91. The minimum absolute atomic E-state index is 0.152.